The molecule has 1 aromatic carbocycles. The molecule has 0 bridgehead atoms. The molecule has 80 valence electrons. The maximum Gasteiger partial charge on any atom is 0.338 e. The number of aromatic carboxylic acids is 1. The van der Waals surface area contributed by atoms with Gasteiger partial charge in [-0.25, -0.2) is 9.18 Å². The third-order valence-corrected chi connectivity index (χ3v) is 2.35. The molecule has 0 unspecified atom stereocenters. The molecule has 0 spiro atoms. The highest BCUT2D eigenvalue weighted by molar-refractivity contribution is 5.88. The van der Waals surface area contributed by atoms with Crippen molar-refractivity contribution >= 4 is 5.97 Å². The summed E-state index contributed by atoms with van der Waals surface area (Å²) in [4.78, 5) is 10.6. The van der Waals surface area contributed by atoms with Crippen LogP contribution in [-0.2, 0) is 0 Å². The Bertz CT molecular complexity index is 385. The molecule has 0 amide bonds. The molecule has 0 saturated heterocycles. The fourth-order valence-electron chi connectivity index (χ4n) is 1.26. The summed E-state index contributed by atoms with van der Waals surface area (Å²) >= 11 is 0. The minimum atomic E-state index is -1.27. The Morgan fingerprint density at radius 3 is 2.87 bits per heavy atom. The average molecular weight is 210 g/mol. The zero-order chi connectivity index (χ0) is 10.8. The highest BCUT2D eigenvalue weighted by atomic mass is 19.1. The molecule has 3 nitrogen and oxygen atoms in total. The molecule has 0 aromatic heterocycles. The molecule has 1 saturated carbocycles. The van der Waals surface area contributed by atoms with Gasteiger partial charge in [0.2, 0.25) is 0 Å². The summed E-state index contributed by atoms with van der Waals surface area (Å²) in [5, 5.41) is 8.68. The summed E-state index contributed by atoms with van der Waals surface area (Å²) in [5.41, 5.74) is -0.344. The van der Waals surface area contributed by atoms with Crippen LogP contribution in [0.15, 0.2) is 18.2 Å². The molecule has 1 fully saturated rings. The van der Waals surface area contributed by atoms with Gasteiger partial charge in [-0.3, -0.25) is 0 Å². The zero-order valence-corrected chi connectivity index (χ0v) is 8.07. The van der Waals surface area contributed by atoms with E-state index in [2.05, 4.69) is 0 Å². The maximum absolute atomic E-state index is 13.0. The Morgan fingerprint density at radius 2 is 2.27 bits per heavy atom. The zero-order valence-electron chi connectivity index (χ0n) is 8.07. The SMILES string of the molecule is O=C(O)c1cc(OCC2CC2)ccc1F. The van der Waals surface area contributed by atoms with E-state index in [1.807, 2.05) is 0 Å². The van der Waals surface area contributed by atoms with Crippen molar-refractivity contribution in [2.24, 2.45) is 5.92 Å². The normalized spacial score (nSPS) is 15.0. The molecule has 0 heterocycles. The van der Waals surface area contributed by atoms with Crippen molar-refractivity contribution in [1.29, 1.82) is 0 Å². The van der Waals surface area contributed by atoms with Crippen molar-refractivity contribution in [2.75, 3.05) is 6.61 Å². The summed E-state index contributed by atoms with van der Waals surface area (Å²) in [6.45, 7) is 0.588. The fraction of sp³-hybridized carbons (Fsp3) is 0.364. The Kier molecular flexibility index (Phi) is 2.58. The van der Waals surface area contributed by atoms with E-state index < -0.39 is 11.8 Å². The number of hydrogen-bond acceptors (Lipinski definition) is 2. The van der Waals surface area contributed by atoms with Gasteiger partial charge in [0.15, 0.2) is 0 Å². The molecule has 0 atom stereocenters. The molecule has 1 aromatic rings. The molecule has 0 radical (unpaired) electrons. The summed E-state index contributed by atoms with van der Waals surface area (Å²) in [7, 11) is 0. The first-order chi connectivity index (χ1) is 7.16. The van der Waals surface area contributed by atoms with Gasteiger partial charge in [-0.2, -0.15) is 0 Å². The van der Waals surface area contributed by atoms with E-state index in [-0.39, 0.29) is 5.56 Å². The topological polar surface area (TPSA) is 46.5 Å². The second-order valence-corrected chi connectivity index (χ2v) is 3.70. The van der Waals surface area contributed by atoms with Gasteiger partial charge in [0.05, 0.1) is 12.2 Å². The van der Waals surface area contributed by atoms with E-state index in [0.29, 0.717) is 18.3 Å². The minimum absolute atomic E-state index is 0.344. The van der Waals surface area contributed by atoms with Crippen molar-refractivity contribution in [1.82, 2.24) is 0 Å². The van der Waals surface area contributed by atoms with Crippen LogP contribution >= 0.6 is 0 Å². The van der Waals surface area contributed by atoms with Crippen molar-refractivity contribution in [3.05, 3.63) is 29.6 Å². The van der Waals surface area contributed by atoms with E-state index in [0.717, 1.165) is 18.9 Å². The van der Waals surface area contributed by atoms with Gasteiger partial charge in [-0.05, 0) is 37.0 Å². The van der Waals surface area contributed by atoms with E-state index >= 15 is 0 Å². The molecular weight excluding hydrogens is 199 g/mol. The van der Waals surface area contributed by atoms with Crippen molar-refractivity contribution in [2.45, 2.75) is 12.8 Å². The van der Waals surface area contributed by atoms with Gasteiger partial charge in [-0.1, -0.05) is 0 Å². The van der Waals surface area contributed by atoms with Gasteiger partial charge in [0, 0.05) is 0 Å². The van der Waals surface area contributed by atoms with Crippen LogP contribution in [0.5, 0.6) is 5.75 Å². The molecule has 1 aliphatic rings. The number of carboxylic acid groups (broad SMARTS) is 1. The Morgan fingerprint density at radius 1 is 1.53 bits per heavy atom. The van der Waals surface area contributed by atoms with E-state index in [4.69, 9.17) is 9.84 Å². The van der Waals surface area contributed by atoms with Gasteiger partial charge in [-0.15, -0.1) is 0 Å². The summed E-state index contributed by atoms with van der Waals surface area (Å²) in [5.74, 6) is -1.00. The number of hydrogen-bond donors (Lipinski definition) is 1. The van der Waals surface area contributed by atoms with Gasteiger partial charge < -0.3 is 9.84 Å². The number of rotatable bonds is 4. The average Bonchev–Trinajstić information content (AvgIpc) is 3.00. The summed E-state index contributed by atoms with van der Waals surface area (Å²) < 4.78 is 18.3. The predicted octanol–water partition coefficient (Wildman–Crippen LogP) is 2.31. The third-order valence-electron chi connectivity index (χ3n) is 2.35. The lowest BCUT2D eigenvalue weighted by Gasteiger charge is -2.06. The number of carboxylic acids is 1. The number of carbonyl (C=O) groups is 1. The standard InChI is InChI=1S/C11H11FO3/c12-10-4-3-8(5-9(10)11(13)14)15-6-7-1-2-7/h3-5,7H,1-2,6H2,(H,13,14). The largest absolute Gasteiger partial charge is 0.493 e. The second-order valence-electron chi connectivity index (χ2n) is 3.70. The van der Waals surface area contributed by atoms with Gasteiger partial charge in [0.1, 0.15) is 11.6 Å². The maximum atomic E-state index is 13.0. The predicted molar refractivity (Wildman–Crippen MR) is 51.6 cm³/mol. The third kappa shape index (κ3) is 2.46. The Hall–Kier alpha value is -1.58. The smallest absolute Gasteiger partial charge is 0.338 e. The molecule has 2 rings (SSSR count). The van der Waals surface area contributed by atoms with E-state index in [1.165, 1.54) is 12.1 Å². The first-order valence-electron chi connectivity index (χ1n) is 4.82. The second kappa shape index (κ2) is 3.88. The van der Waals surface area contributed by atoms with Crippen LogP contribution in [0, 0.1) is 11.7 Å². The molecule has 4 heteroatoms. The van der Waals surface area contributed by atoms with E-state index in [1.54, 1.807) is 0 Å². The lowest BCUT2D eigenvalue weighted by molar-refractivity contribution is 0.0691. The van der Waals surface area contributed by atoms with Crippen LogP contribution < -0.4 is 4.74 Å². The van der Waals surface area contributed by atoms with Crippen LogP contribution in [0.2, 0.25) is 0 Å². The van der Waals surface area contributed by atoms with Crippen LogP contribution in [-0.4, -0.2) is 17.7 Å². The monoisotopic (exact) mass is 210 g/mol. The van der Waals surface area contributed by atoms with Crippen molar-refractivity contribution in [3.8, 4) is 5.75 Å². The summed E-state index contributed by atoms with van der Waals surface area (Å²) in [6, 6.07) is 3.79. The Balaban J connectivity index is 2.10. The molecule has 1 N–H and O–H groups in total. The van der Waals surface area contributed by atoms with Crippen LogP contribution in [0.25, 0.3) is 0 Å². The van der Waals surface area contributed by atoms with Crippen LogP contribution in [0.1, 0.15) is 23.2 Å². The fourth-order valence-corrected chi connectivity index (χ4v) is 1.26. The number of halogens is 1. The molecule has 1 aliphatic carbocycles. The van der Waals surface area contributed by atoms with Crippen LogP contribution in [0.3, 0.4) is 0 Å². The lowest BCUT2D eigenvalue weighted by Crippen LogP contribution is -2.03. The number of benzene rings is 1. The van der Waals surface area contributed by atoms with Crippen LogP contribution in [0.4, 0.5) is 4.39 Å². The Labute approximate surface area is 86.5 Å². The van der Waals surface area contributed by atoms with Crippen molar-refractivity contribution in [3.63, 3.8) is 0 Å². The lowest BCUT2D eigenvalue weighted by atomic mass is 10.2. The first-order valence-corrected chi connectivity index (χ1v) is 4.82. The quantitative estimate of drug-likeness (QED) is 0.829. The highest BCUT2D eigenvalue weighted by Crippen LogP contribution is 2.29. The number of ether oxygens (including phenoxy) is 1. The molecular formula is C11H11FO3. The molecule has 15 heavy (non-hydrogen) atoms. The van der Waals surface area contributed by atoms with Gasteiger partial charge in [0.25, 0.3) is 0 Å². The molecule has 0 aliphatic heterocycles. The van der Waals surface area contributed by atoms with Crippen molar-refractivity contribution < 1.29 is 19.0 Å². The summed E-state index contributed by atoms with van der Waals surface area (Å²) in [6.07, 6.45) is 2.32. The first kappa shape index (κ1) is 9.96. The van der Waals surface area contributed by atoms with E-state index in [9.17, 15) is 9.18 Å². The van der Waals surface area contributed by atoms with Gasteiger partial charge >= 0.3 is 5.97 Å². The minimum Gasteiger partial charge on any atom is -0.493 e. The highest BCUT2D eigenvalue weighted by Gasteiger charge is 2.22.